The maximum Gasteiger partial charge on any atom is 0.230 e. The molecule has 1 amide bonds. The minimum atomic E-state index is -0.0870. The molecule has 27 heavy (non-hydrogen) atoms. The highest BCUT2D eigenvalue weighted by molar-refractivity contribution is 7.13. The Morgan fingerprint density at radius 2 is 2.11 bits per heavy atom. The van der Waals surface area contributed by atoms with Gasteiger partial charge in [0.2, 0.25) is 5.91 Å². The molecule has 0 aliphatic heterocycles. The Balaban J connectivity index is 1.36. The molecule has 0 radical (unpaired) electrons. The number of rotatable bonds is 6. The number of ether oxygens (including phenoxy) is 1. The Morgan fingerprint density at radius 3 is 2.93 bits per heavy atom. The summed E-state index contributed by atoms with van der Waals surface area (Å²) in [6.07, 6.45) is 8.74. The first-order valence-corrected chi connectivity index (χ1v) is 10.1. The fourth-order valence-corrected chi connectivity index (χ4v) is 4.04. The van der Waals surface area contributed by atoms with E-state index in [1.54, 1.807) is 12.4 Å². The molecule has 0 spiro atoms. The molecule has 3 aromatic rings. The van der Waals surface area contributed by atoms with Gasteiger partial charge in [-0.25, -0.2) is 4.98 Å². The third kappa shape index (κ3) is 4.71. The minimum absolute atomic E-state index is 0.0870. The smallest absolute Gasteiger partial charge is 0.230 e. The average Bonchev–Trinajstić information content (AvgIpc) is 3.35. The quantitative estimate of drug-likeness (QED) is 0.674. The number of aromatic nitrogens is 2. The van der Waals surface area contributed by atoms with Crippen molar-refractivity contribution in [3.63, 3.8) is 0 Å². The number of benzene rings is 1. The summed E-state index contributed by atoms with van der Waals surface area (Å²) in [7, 11) is 0. The van der Waals surface area contributed by atoms with Gasteiger partial charge in [0.15, 0.2) is 0 Å². The van der Waals surface area contributed by atoms with Crippen molar-refractivity contribution in [3.05, 3.63) is 59.9 Å². The van der Waals surface area contributed by atoms with Crippen LogP contribution in [0.4, 0.5) is 5.69 Å². The Bertz CT molecular complexity index is 905. The number of thiazole rings is 1. The van der Waals surface area contributed by atoms with Gasteiger partial charge in [0.05, 0.1) is 18.2 Å². The third-order valence-electron chi connectivity index (χ3n) is 4.52. The van der Waals surface area contributed by atoms with Crippen LogP contribution < -0.4 is 10.1 Å². The third-order valence-corrected chi connectivity index (χ3v) is 5.46. The number of pyridine rings is 1. The summed E-state index contributed by atoms with van der Waals surface area (Å²) in [6, 6.07) is 11.5. The van der Waals surface area contributed by atoms with E-state index in [2.05, 4.69) is 15.3 Å². The van der Waals surface area contributed by atoms with Gasteiger partial charge in [-0.05, 0) is 49.9 Å². The molecular weight excluding hydrogens is 358 g/mol. The summed E-state index contributed by atoms with van der Waals surface area (Å²) in [5.41, 5.74) is 2.47. The van der Waals surface area contributed by atoms with Gasteiger partial charge in [0.1, 0.15) is 10.8 Å². The molecule has 6 heteroatoms. The van der Waals surface area contributed by atoms with Crippen molar-refractivity contribution in [2.45, 2.75) is 38.2 Å². The predicted octanol–water partition coefficient (Wildman–Crippen LogP) is 4.71. The van der Waals surface area contributed by atoms with Gasteiger partial charge >= 0.3 is 0 Å². The summed E-state index contributed by atoms with van der Waals surface area (Å²) in [5, 5.41) is 5.73. The first-order valence-electron chi connectivity index (χ1n) is 9.18. The molecule has 1 aliphatic rings. The molecule has 0 bridgehead atoms. The molecule has 138 valence electrons. The normalized spacial score (nSPS) is 14.2. The van der Waals surface area contributed by atoms with Crippen LogP contribution >= 0.6 is 11.3 Å². The molecule has 1 N–H and O–H groups in total. The molecule has 2 heterocycles. The lowest BCUT2D eigenvalue weighted by atomic mass is 10.2. The summed E-state index contributed by atoms with van der Waals surface area (Å²) in [6.45, 7) is 0. The standard InChI is InChI=1S/C21H21N3O2S/c25-20(12-17-14-27-21(24-17)15-5-4-10-22-13-15)23-16-6-3-9-19(11-16)26-18-7-1-2-8-18/h3-6,9-11,13-14,18H,1-2,7-8,12H2,(H,23,25). The van der Waals surface area contributed by atoms with Crippen LogP contribution in [0.5, 0.6) is 5.75 Å². The highest BCUT2D eigenvalue weighted by Crippen LogP contribution is 2.26. The number of anilines is 1. The molecular formula is C21H21N3O2S. The van der Waals surface area contributed by atoms with E-state index in [1.807, 2.05) is 41.8 Å². The lowest BCUT2D eigenvalue weighted by molar-refractivity contribution is -0.115. The van der Waals surface area contributed by atoms with Gasteiger partial charge in [-0.3, -0.25) is 9.78 Å². The summed E-state index contributed by atoms with van der Waals surface area (Å²) in [4.78, 5) is 21.0. The van der Waals surface area contributed by atoms with Crippen molar-refractivity contribution in [1.29, 1.82) is 0 Å². The Labute approximate surface area is 162 Å². The first-order chi connectivity index (χ1) is 13.3. The largest absolute Gasteiger partial charge is 0.490 e. The number of hydrogen-bond acceptors (Lipinski definition) is 5. The lowest BCUT2D eigenvalue weighted by Crippen LogP contribution is -2.15. The van der Waals surface area contributed by atoms with Crippen molar-refractivity contribution >= 4 is 22.9 Å². The maximum atomic E-state index is 12.4. The molecule has 1 aromatic carbocycles. The number of carbonyl (C=O) groups is 1. The molecule has 1 aliphatic carbocycles. The molecule has 1 saturated carbocycles. The maximum absolute atomic E-state index is 12.4. The van der Waals surface area contributed by atoms with Crippen molar-refractivity contribution in [3.8, 4) is 16.3 Å². The van der Waals surface area contributed by atoms with E-state index in [0.717, 1.165) is 40.5 Å². The summed E-state index contributed by atoms with van der Waals surface area (Å²) < 4.78 is 6.00. The van der Waals surface area contributed by atoms with Crippen LogP contribution in [-0.4, -0.2) is 22.0 Å². The van der Waals surface area contributed by atoms with Crippen molar-refractivity contribution < 1.29 is 9.53 Å². The van der Waals surface area contributed by atoms with E-state index in [4.69, 9.17) is 4.74 Å². The Morgan fingerprint density at radius 1 is 1.22 bits per heavy atom. The van der Waals surface area contributed by atoms with Crippen LogP contribution in [-0.2, 0) is 11.2 Å². The predicted molar refractivity (Wildman–Crippen MR) is 107 cm³/mol. The topological polar surface area (TPSA) is 64.1 Å². The molecule has 2 aromatic heterocycles. The number of nitrogens with one attached hydrogen (secondary N) is 1. The van der Waals surface area contributed by atoms with E-state index < -0.39 is 0 Å². The summed E-state index contributed by atoms with van der Waals surface area (Å²) in [5.74, 6) is 0.725. The zero-order chi connectivity index (χ0) is 18.5. The van der Waals surface area contributed by atoms with E-state index in [0.29, 0.717) is 6.10 Å². The molecule has 0 saturated heterocycles. The highest BCUT2D eigenvalue weighted by atomic mass is 32.1. The van der Waals surface area contributed by atoms with Gasteiger partial charge in [-0.15, -0.1) is 11.3 Å². The van der Waals surface area contributed by atoms with E-state index in [1.165, 1.54) is 24.2 Å². The lowest BCUT2D eigenvalue weighted by Gasteiger charge is -2.14. The molecule has 0 atom stereocenters. The van der Waals surface area contributed by atoms with E-state index >= 15 is 0 Å². The second-order valence-electron chi connectivity index (χ2n) is 6.66. The molecule has 5 nitrogen and oxygen atoms in total. The average molecular weight is 379 g/mol. The number of carbonyl (C=O) groups excluding carboxylic acids is 1. The van der Waals surface area contributed by atoms with Crippen LogP contribution in [0.25, 0.3) is 10.6 Å². The molecule has 0 unspecified atom stereocenters. The number of nitrogens with zero attached hydrogens (tertiary/aromatic N) is 2. The fourth-order valence-electron chi connectivity index (χ4n) is 3.23. The van der Waals surface area contributed by atoms with Gasteiger partial charge in [0, 0.05) is 35.1 Å². The fraction of sp³-hybridized carbons (Fsp3) is 0.286. The highest BCUT2D eigenvalue weighted by Gasteiger charge is 2.16. The van der Waals surface area contributed by atoms with Gasteiger partial charge in [-0.2, -0.15) is 0 Å². The SMILES string of the molecule is O=C(Cc1csc(-c2cccnc2)n1)Nc1cccc(OC2CCCC2)c1. The second kappa shape index (κ2) is 8.31. The number of hydrogen-bond donors (Lipinski definition) is 1. The monoisotopic (exact) mass is 379 g/mol. The minimum Gasteiger partial charge on any atom is -0.490 e. The van der Waals surface area contributed by atoms with Crippen LogP contribution in [0.1, 0.15) is 31.4 Å². The van der Waals surface area contributed by atoms with Gasteiger partial charge in [-0.1, -0.05) is 6.07 Å². The van der Waals surface area contributed by atoms with Crippen LogP contribution in [0.3, 0.4) is 0 Å². The zero-order valence-corrected chi connectivity index (χ0v) is 15.7. The first kappa shape index (κ1) is 17.7. The van der Waals surface area contributed by atoms with Crippen molar-refractivity contribution in [1.82, 2.24) is 9.97 Å². The van der Waals surface area contributed by atoms with Crippen molar-refractivity contribution in [2.75, 3.05) is 5.32 Å². The molecule has 4 rings (SSSR count). The second-order valence-corrected chi connectivity index (χ2v) is 7.52. The Kier molecular flexibility index (Phi) is 5.44. The van der Waals surface area contributed by atoms with Gasteiger partial charge < -0.3 is 10.1 Å². The zero-order valence-electron chi connectivity index (χ0n) is 14.9. The summed E-state index contributed by atoms with van der Waals surface area (Å²) >= 11 is 1.52. The van der Waals surface area contributed by atoms with Crippen LogP contribution in [0.15, 0.2) is 54.2 Å². The van der Waals surface area contributed by atoms with Crippen LogP contribution in [0, 0.1) is 0 Å². The molecule has 1 fully saturated rings. The van der Waals surface area contributed by atoms with Crippen molar-refractivity contribution in [2.24, 2.45) is 0 Å². The Hall–Kier alpha value is -2.73. The van der Waals surface area contributed by atoms with Crippen LogP contribution in [0.2, 0.25) is 0 Å². The number of amides is 1. The van der Waals surface area contributed by atoms with E-state index in [-0.39, 0.29) is 12.3 Å². The van der Waals surface area contributed by atoms with Gasteiger partial charge in [0.25, 0.3) is 0 Å². The van der Waals surface area contributed by atoms with E-state index in [9.17, 15) is 4.79 Å².